The molecule has 2 rings (SSSR count). The molecule has 2 aromatic rings. The molecule has 0 aromatic heterocycles. The third-order valence-electron chi connectivity index (χ3n) is 3.93. The van der Waals surface area contributed by atoms with Crippen LogP contribution in [0.2, 0.25) is 5.02 Å². The SMILES string of the molecule is CNS(=O)(=O)c1cc(NC(=O)CN(C)Cc2c(F)cccc2Cl)ccc1C. The molecule has 0 heterocycles. The molecule has 2 N–H and O–H groups in total. The predicted molar refractivity (Wildman–Crippen MR) is 104 cm³/mol. The molecule has 0 aliphatic rings. The van der Waals surface area contributed by atoms with Gasteiger partial charge >= 0.3 is 0 Å². The normalized spacial score (nSPS) is 11.6. The first-order chi connectivity index (χ1) is 12.6. The van der Waals surface area contributed by atoms with Crippen LogP contribution in [0.15, 0.2) is 41.3 Å². The van der Waals surface area contributed by atoms with E-state index < -0.39 is 15.8 Å². The quantitative estimate of drug-likeness (QED) is 0.731. The second-order valence-electron chi connectivity index (χ2n) is 6.11. The molecule has 0 saturated carbocycles. The molecule has 0 radical (unpaired) electrons. The largest absolute Gasteiger partial charge is 0.325 e. The smallest absolute Gasteiger partial charge is 0.240 e. The first kappa shape index (κ1) is 21.3. The van der Waals surface area contributed by atoms with E-state index in [-0.39, 0.29) is 23.9 Å². The molecule has 0 fully saturated rings. The Balaban J connectivity index is 2.06. The number of carbonyl (C=O) groups is 1. The van der Waals surface area contributed by atoms with Crippen LogP contribution in [-0.2, 0) is 21.4 Å². The number of sulfonamides is 1. The van der Waals surface area contributed by atoms with Gasteiger partial charge in [-0.05, 0) is 50.8 Å². The third-order valence-corrected chi connectivity index (χ3v) is 5.84. The fourth-order valence-corrected chi connectivity index (χ4v) is 3.75. The zero-order chi connectivity index (χ0) is 20.2. The highest BCUT2D eigenvalue weighted by Crippen LogP contribution is 2.21. The van der Waals surface area contributed by atoms with E-state index >= 15 is 0 Å². The topological polar surface area (TPSA) is 78.5 Å². The van der Waals surface area contributed by atoms with E-state index in [2.05, 4.69) is 10.0 Å². The van der Waals surface area contributed by atoms with E-state index in [4.69, 9.17) is 11.6 Å². The lowest BCUT2D eigenvalue weighted by Gasteiger charge is -2.18. The second-order valence-corrected chi connectivity index (χ2v) is 8.37. The Morgan fingerprint density at radius 1 is 1.26 bits per heavy atom. The summed E-state index contributed by atoms with van der Waals surface area (Å²) >= 11 is 6.00. The van der Waals surface area contributed by atoms with Crippen LogP contribution in [0.4, 0.5) is 10.1 Å². The number of amides is 1. The van der Waals surface area contributed by atoms with Gasteiger partial charge in [-0.1, -0.05) is 23.7 Å². The maximum absolute atomic E-state index is 13.8. The average molecular weight is 414 g/mol. The number of benzene rings is 2. The average Bonchev–Trinajstić information content (AvgIpc) is 2.59. The molecule has 0 atom stereocenters. The zero-order valence-electron chi connectivity index (χ0n) is 15.2. The van der Waals surface area contributed by atoms with Crippen LogP contribution < -0.4 is 10.0 Å². The van der Waals surface area contributed by atoms with Crippen molar-refractivity contribution in [3.05, 3.63) is 58.4 Å². The van der Waals surface area contributed by atoms with E-state index in [1.165, 1.54) is 25.2 Å². The molecule has 146 valence electrons. The molecule has 0 bridgehead atoms. The number of halogens is 2. The van der Waals surface area contributed by atoms with Crippen molar-refractivity contribution >= 4 is 33.2 Å². The lowest BCUT2D eigenvalue weighted by Crippen LogP contribution is -2.30. The highest BCUT2D eigenvalue weighted by molar-refractivity contribution is 7.89. The molecule has 0 aliphatic carbocycles. The van der Waals surface area contributed by atoms with Crippen molar-refractivity contribution in [3.63, 3.8) is 0 Å². The Morgan fingerprint density at radius 3 is 2.59 bits per heavy atom. The molecule has 1 amide bonds. The van der Waals surface area contributed by atoms with Gasteiger partial charge in [0.1, 0.15) is 5.82 Å². The van der Waals surface area contributed by atoms with Gasteiger partial charge in [-0.15, -0.1) is 0 Å². The fourth-order valence-electron chi connectivity index (χ4n) is 2.53. The molecule has 2 aromatic carbocycles. The maximum atomic E-state index is 13.8. The summed E-state index contributed by atoms with van der Waals surface area (Å²) in [6.45, 7) is 1.81. The van der Waals surface area contributed by atoms with Gasteiger partial charge in [0.05, 0.1) is 11.4 Å². The summed E-state index contributed by atoms with van der Waals surface area (Å²) in [6, 6.07) is 9.04. The van der Waals surface area contributed by atoms with Crippen LogP contribution in [0.1, 0.15) is 11.1 Å². The predicted octanol–water partition coefficient (Wildman–Crippen LogP) is 2.77. The number of aryl methyl sites for hydroxylation is 1. The van der Waals surface area contributed by atoms with Gasteiger partial charge < -0.3 is 5.32 Å². The number of rotatable bonds is 7. The van der Waals surface area contributed by atoms with E-state index in [1.54, 1.807) is 37.1 Å². The fraction of sp³-hybridized carbons (Fsp3) is 0.278. The van der Waals surface area contributed by atoms with Crippen LogP contribution in [0.3, 0.4) is 0 Å². The van der Waals surface area contributed by atoms with Crippen molar-refractivity contribution < 1.29 is 17.6 Å². The second kappa shape index (κ2) is 8.79. The summed E-state index contributed by atoms with van der Waals surface area (Å²) in [6.07, 6.45) is 0. The molecular formula is C18H21ClFN3O3S. The molecule has 0 saturated heterocycles. The lowest BCUT2D eigenvalue weighted by atomic mass is 10.2. The number of hydrogen-bond acceptors (Lipinski definition) is 4. The van der Waals surface area contributed by atoms with E-state index in [1.807, 2.05) is 0 Å². The van der Waals surface area contributed by atoms with Gasteiger partial charge in [-0.3, -0.25) is 9.69 Å². The third kappa shape index (κ3) is 5.49. The minimum Gasteiger partial charge on any atom is -0.325 e. The minimum absolute atomic E-state index is 0.0212. The summed E-state index contributed by atoms with van der Waals surface area (Å²) in [7, 11) is -0.645. The Hall–Kier alpha value is -2.00. The van der Waals surface area contributed by atoms with Crippen LogP contribution in [0, 0.1) is 12.7 Å². The van der Waals surface area contributed by atoms with Crippen molar-refractivity contribution in [2.75, 3.05) is 26.0 Å². The Morgan fingerprint density at radius 2 is 1.96 bits per heavy atom. The molecule has 27 heavy (non-hydrogen) atoms. The van der Waals surface area contributed by atoms with Crippen molar-refractivity contribution in [2.45, 2.75) is 18.4 Å². The number of nitrogens with zero attached hydrogens (tertiary/aromatic N) is 1. The van der Waals surface area contributed by atoms with Crippen LogP contribution in [0.25, 0.3) is 0 Å². The van der Waals surface area contributed by atoms with Crippen LogP contribution in [-0.4, -0.2) is 39.9 Å². The Kier molecular flexibility index (Phi) is 6.94. The summed E-state index contributed by atoms with van der Waals surface area (Å²) in [4.78, 5) is 14.0. The van der Waals surface area contributed by atoms with Gasteiger partial charge in [0.15, 0.2) is 0 Å². The first-order valence-electron chi connectivity index (χ1n) is 8.09. The van der Waals surface area contributed by atoms with Crippen LogP contribution in [0.5, 0.6) is 0 Å². The zero-order valence-corrected chi connectivity index (χ0v) is 16.8. The number of nitrogens with one attached hydrogen (secondary N) is 2. The first-order valence-corrected chi connectivity index (χ1v) is 9.95. The molecule has 0 aliphatic heterocycles. The van der Waals surface area contributed by atoms with Gasteiger partial charge in [0, 0.05) is 22.8 Å². The number of anilines is 1. The highest BCUT2D eigenvalue weighted by Gasteiger charge is 2.17. The standard InChI is InChI=1S/C18H21ClFN3O3S/c1-12-7-8-13(9-17(12)27(25,26)21-2)22-18(24)11-23(3)10-14-15(19)5-4-6-16(14)20/h4-9,21H,10-11H2,1-3H3,(H,22,24). The molecule has 6 nitrogen and oxygen atoms in total. The molecule has 9 heteroatoms. The molecule has 0 spiro atoms. The molecular weight excluding hydrogens is 393 g/mol. The maximum Gasteiger partial charge on any atom is 0.240 e. The summed E-state index contributed by atoms with van der Waals surface area (Å²) in [5.74, 6) is -0.795. The summed E-state index contributed by atoms with van der Waals surface area (Å²) in [5, 5.41) is 2.95. The van der Waals surface area contributed by atoms with Crippen molar-refractivity contribution in [3.8, 4) is 0 Å². The van der Waals surface area contributed by atoms with Crippen molar-refractivity contribution in [1.82, 2.24) is 9.62 Å². The monoisotopic (exact) mass is 413 g/mol. The van der Waals surface area contributed by atoms with E-state index in [9.17, 15) is 17.6 Å². The molecule has 0 unspecified atom stereocenters. The Bertz CT molecular complexity index is 931. The number of hydrogen-bond donors (Lipinski definition) is 2. The lowest BCUT2D eigenvalue weighted by molar-refractivity contribution is -0.117. The van der Waals surface area contributed by atoms with E-state index in [0.29, 0.717) is 21.8 Å². The minimum atomic E-state index is -3.63. The summed E-state index contributed by atoms with van der Waals surface area (Å²) in [5.41, 5.74) is 1.23. The van der Waals surface area contributed by atoms with Crippen molar-refractivity contribution in [1.29, 1.82) is 0 Å². The highest BCUT2D eigenvalue weighted by atomic mass is 35.5. The number of likely N-dealkylation sites (N-methyl/N-ethyl adjacent to an activating group) is 1. The van der Waals surface area contributed by atoms with Gasteiger partial charge in [0.2, 0.25) is 15.9 Å². The van der Waals surface area contributed by atoms with Gasteiger partial charge in [-0.25, -0.2) is 17.5 Å². The van der Waals surface area contributed by atoms with E-state index in [0.717, 1.165) is 0 Å². The van der Waals surface area contributed by atoms with Gasteiger partial charge in [-0.2, -0.15) is 0 Å². The van der Waals surface area contributed by atoms with Crippen molar-refractivity contribution in [2.24, 2.45) is 0 Å². The number of carbonyl (C=O) groups excluding carboxylic acids is 1. The van der Waals surface area contributed by atoms with Crippen LogP contribution >= 0.6 is 11.6 Å². The Labute approximate surface area is 163 Å². The van der Waals surface area contributed by atoms with Gasteiger partial charge in [0.25, 0.3) is 0 Å². The summed E-state index contributed by atoms with van der Waals surface area (Å²) < 4.78 is 40.1.